The molecule has 0 unspecified atom stereocenters. The third kappa shape index (κ3) is 4.36. The van der Waals surface area contributed by atoms with E-state index in [9.17, 15) is 4.79 Å². The topological polar surface area (TPSA) is 109 Å². The van der Waals surface area contributed by atoms with Crippen molar-refractivity contribution in [2.24, 2.45) is 0 Å². The summed E-state index contributed by atoms with van der Waals surface area (Å²) in [7, 11) is 4.53. The average molecular weight is 444 g/mol. The van der Waals surface area contributed by atoms with Crippen molar-refractivity contribution < 1.29 is 19.0 Å². The van der Waals surface area contributed by atoms with Crippen molar-refractivity contribution in [3.63, 3.8) is 0 Å². The van der Waals surface area contributed by atoms with Crippen molar-refractivity contribution >= 4 is 28.4 Å². The molecule has 8 heteroatoms. The van der Waals surface area contributed by atoms with Crippen LogP contribution in [-0.2, 0) is 0 Å². The molecule has 3 aromatic carbocycles. The Morgan fingerprint density at radius 1 is 0.939 bits per heavy atom. The van der Waals surface area contributed by atoms with Gasteiger partial charge in [0.2, 0.25) is 11.7 Å². The number of hydrogen-bond donors (Lipinski definition) is 2. The third-order valence-electron chi connectivity index (χ3n) is 5.33. The van der Waals surface area contributed by atoms with E-state index in [1.54, 1.807) is 18.3 Å². The summed E-state index contributed by atoms with van der Waals surface area (Å²) in [5.74, 6) is 1.18. The molecule has 168 valence electrons. The van der Waals surface area contributed by atoms with Crippen molar-refractivity contribution in [2.45, 2.75) is 6.92 Å². The smallest absolute Gasteiger partial charge is 0.255 e. The molecule has 4 aromatic rings. The molecule has 0 radical (unpaired) electrons. The molecule has 0 aliphatic rings. The molecule has 0 saturated heterocycles. The van der Waals surface area contributed by atoms with Crippen LogP contribution in [0.3, 0.4) is 0 Å². The molecule has 33 heavy (non-hydrogen) atoms. The van der Waals surface area contributed by atoms with Crippen molar-refractivity contribution in [1.82, 2.24) is 9.97 Å². The zero-order valence-corrected chi connectivity index (χ0v) is 18.8. The fourth-order valence-corrected chi connectivity index (χ4v) is 3.64. The van der Waals surface area contributed by atoms with E-state index >= 15 is 0 Å². The summed E-state index contributed by atoms with van der Waals surface area (Å²) in [6, 6.07) is 14.9. The number of fused-ring (bicyclic) bond motifs is 1. The second kappa shape index (κ2) is 9.04. The van der Waals surface area contributed by atoms with Crippen LogP contribution in [0.5, 0.6) is 17.2 Å². The van der Waals surface area contributed by atoms with E-state index in [1.807, 2.05) is 43.3 Å². The van der Waals surface area contributed by atoms with Gasteiger partial charge in [-0.15, -0.1) is 0 Å². The lowest BCUT2D eigenvalue weighted by Gasteiger charge is -2.15. The Balaban J connectivity index is 1.66. The highest BCUT2D eigenvalue weighted by molar-refractivity contribution is 6.05. The van der Waals surface area contributed by atoms with Crippen LogP contribution >= 0.6 is 0 Å². The van der Waals surface area contributed by atoms with Crippen molar-refractivity contribution in [3.8, 4) is 28.4 Å². The Hall–Kier alpha value is -4.33. The summed E-state index contributed by atoms with van der Waals surface area (Å²) in [5, 5.41) is 3.83. The van der Waals surface area contributed by atoms with E-state index in [0.717, 1.165) is 27.6 Å². The SMILES string of the molecule is COc1cc(C(=O)Nc2ccc(C)c(-c3ccc4nc(N)ncc4c3)c2)cc(OC)c1OC. The molecule has 3 N–H and O–H groups in total. The van der Waals surface area contributed by atoms with Gasteiger partial charge in [0.1, 0.15) is 0 Å². The first-order valence-electron chi connectivity index (χ1n) is 10.2. The van der Waals surface area contributed by atoms with E-state index in [1.165, 1.54) is 21.3 Å². The van der Waals surface area contributed by atoms with E-state index in [0.29, 0.717) is 28.5 Å². The number of nitrogen functional groups attached to an aromatic ring is 1. The van der Waals surface area contributed by atoms with Crippen molar-refractivity contribution in [2.75, 3.05) is 32.4 Å². The largest absolute Gasteiger partial charge is 0.493 e. The average Bonchev–Trinajstić information content (AvgIpc) is 2.83. The van der Waals surface area contributed by atoms with Crippen molar-refractivity contribution in [1.29, 1.82) is 0 Å². The van der Waals surface area contributed by atoms with Gasteiger partial charge < -0.3 is 25.3 Å². The molecule has 0 fully saturated rings. The van der Waals surface area contributed by atoms with Gasteiger partial charge >= 0.3 is 0 Å². The number of methoxy groups -OCH3 is 3. The fourth-order valence-electron chi connectivity index (χ4n) is 3.64. The van der Waals surface area contributed by atoms with Crippen LogP contribution in [0.4, 0.5) is 11.6 Å². The molecule has 0 saturated carbocycles. The Kier molecular flexibility index (Phi) is 5.99. The highest BCUT2D eigenvalue weighted by Crippen LogP contribution is 2.38. The predicted molar refractivity (Wildman–Crippen MR) is 128 cm³/mol. The Labute approximate surface area is 191 Å². The molecule has 0 aliphatic carbocycles. The third-order valence-corrected chi connectivity index (χ3v) is 5.33. The minimum absolute atomic E-state index is 0.239. The second-order valence-electron chi connectivity index (χ2n) is 7.40. The molecule has 0 atom stereocenters. The van der Waals surface area contributed by atoms with Gasteiger partial charge in [0.05, 0.1) is 26.8 Å². The second-order valence-corrected chi connectivity index (χ2v) is 7.40. The monoisotopic (exact) mass is 444 g/mol. The lowest BCUT2D eigenvalue weighted by atomic mass is 9.98. The van der Waals surface area contributed by atoms with Gasteiger partial charge in [-0.3, -0.25) is 4.79 Å². The molecular weight excluding hydrogens is 420 g/mol. The lowest BCUT2D eigenvalue weighted by Crippen LogP contribution is -2.12. The maximum absolute atomic E-state index is 13.0. The van der Waals surface area contributed by atoms with Crippen LogP contribution in [0.25, 0.3) is 22.0 Å². The molecule has 0 bridgehead atoms. The number of carbonyl (C=O) groups is 1. The minimum atomic E-state index is -0.300. The highest BCUT2D eigenvalue weighted by atomic mass is 16.5. The summed E-state index contributed by atoms with van der Waals surface area (Å²) >= 11 is 0. The molecule has 1 amide bonds. The molecule has 0 spiro atoms. The number of aryl methyl sites for hydroxylation is 1. The van der Waals surface area contributed by atoms with E-state index in [2.05, 4.69) is 15.3 Å². The molecule has 8 nitrogen and oxygen atoms in total. The Bertz CT molecular complexity index is 1330. The van der Waals surface area contributed by atoms with Gasteiger partial charge in [0.15, 0.2) is 11.5 Å². The van der Waals surface area contributed by atoms with Gasteiger partial charge in [-0.2, -0.15) is 0 Å². The van der Waals surface area contributed by atoms with Crippen LogP contribution in [0, 0.1) is 6.92 Å². The van der Waals surface area contributed by atoms with Crippen LogP contribution in [-0.4, -0.2) is 37.2 Å². The number of benzene rings is 3. The number of nitrogens with two attached hydrogens (primary N) is 1. The van der Waals surface area contributed by atoms with E-state index in [4.69, 9.17) is 19.9 Å². The summed E-state index contributed by atoms with van der Waals surface area (Å²) < 4.78 is 16.0. The van der Waals surface area contributed by atoms with Crippen molar-refractivity contribution in [3.05, 3.63) is 65.9 Å². The summed E-state index contributed by atoms with van der Waals surface area (Å²) in [5.41, 5.74) is 10.5. The zero-order chi connectivity index (χ0) is 23.5. The number of nitrogens with zero attached hydrogens (tertiary/aromatic N) is 2. The predicted octanol–water partition coefficient (Wildman–Crippen LogP) is 4.47. The number of aromatic nitrogens is 2. The number of hydrogen-bond acceptors (Lipinski definition) is 7. The number of rotatable bonds is 6. The van der Waals surface area contributed by atoms with Crippen LogP contribution in [0.1, 0.15) is 15.9 Å². The zero-order valence-electron chi connectivity index (χ0n) is 18.8. The number of anilines is 2. The number of nitrogens with one attached hydrogen (secondary N) is 1. The van der Waals surface area contributed by atoms with Crippen LogP contribution in [0.2, 0.25) is 0 Å². The standard InChI is InChI=1S/C25H24N4O4/c1-14-5-7-18(12-19(14)15-6-8-20-17(9-15)13-27-25(26)29-20)28-24(30)16-10-21(31-2)23(33-4)22(11-16)32-3/h5-13H,1-4H3,(H,28,30)(H2,26,27,29). The first-order valence-corrected chi connectivity index (χ1v) is 10.2. The first kappa shape index (κ1) is 21.9. The fraction of sp³-hybridized carbons (Fsp3) is 0.160. The van der Waals surface area contributed by atoms with Gasteiger partial charge in [-0.1, -0.05) is 12.1 Å². The van der Waals surface area contributed by atoms with E-state index in [-0.39, 0.29) is 11.9 Å². The highest BCUT2D eigenvalue weighted by Gasteiger charge is 2.17. The van der Waals surface area contributed by atoms with Crippen LogP contribution in [0.15, 0.2) is 54.7 Å². The van der Waals surface area contributed by atoms with Gasteiger partial charge in [0.25, 0.3) is 5.91 Å². The molecule has 1 aromatic heterocycles. The minimum Gasteiger partial charge on any atom is -0.493 e. The maximum Gasteiger partial charge on any atom is 0.255 e. The molecule has 1 heterocycles. The van der Waals surface area contributed by atoms with Gasteiger partial charge in [-0.25, -0.2) is 9.97 Å². The van der Waals surface area contributed by atoms with Gasteiger partial charge in [0, 0.05) is 22.8 Å². The number of amides is 1. The first-order chi connectivity index (χ1) is 15.9. The normalized spacial score (nSPS) is 10.7. The number of ether oxygens (including phenoxy) is 3. The summed E-state index contributed by atoms with van der Waals surface area (Å²) in [6.45, 7) is 2.02. The summed E-state index contributed by atoms with van der Waals surface area (Å²) in [4.78, 5) is 21.3. The lowest BCUT2D eigenvalue weighted by molar-refractivity contribution is 0.102. The maximum atomic E-state index is 13.0. The van der Waals surface area contributed by atoms with Gasteiger partial charge in [-0.05, 0) is 60.0 Å². The Morgan fingerprint density at radius 3 is 2.33 bits per heavy atom. The molecule has 0 aliphatic heterocycles. The molecule has 4 rings (SSSR count). The summed E-state index contributed by atoms with van der Waals surface area (Å²) in [6.07, 6.45) is 1.70. The van der Waals surface area contributed by atoms with Crippen LogP contribution < -0.4 is 25.3 Å². The quantitative estimate of drug-likeness (QED) is 0.452. The van der Waals surface area contributed by atoms with E-state index < -0.39 is 0 Å². The number of carbonyl (C=O) groups excluding carboxylic acids is 1. The molecular formula is C25H24N4O4. The Morgan fingerprint density at radius 2 is 1.67 bits per heavy atom.